The van der Waals surface area contributed by atoms with Crippen molar-refractivity contribution < 1.29 is 63.2 Å². The Morgan fingerprint density at radius 3 is 1.97 bits per heavy atom. The molecule has 5 aromatic carbocycles. The van der Waals surface area contributed by atoms with Crippen molar-refractivity contribution in [2.45, 2.75) is 22.8 Å². The number of anilines is 4. The van der Waals surface area contributed by atoms with E-state index in [4.69, 9.17) is 0 Å². The minimum atomic E-state index is -5.11. The largest absolute Gasteiger partial charge is 0.478 e. The highest BCUT2D eigenvalue weighted by Gasteiger charge is 2.36. The van der Waals surface area contributed by atoms with Gasteiger partial charge in [0.05, 0.1) is 43.8 Å². The van der Waals surface area contributed by atoms with Crippen LogP contribution in [0.3, 0.4) is 0 Å². The number of benzene rings is 5. The molecule has 0 spiro atoms. The Kier molecular flexibility index (Phi) is 12.3. The molecule has 0 saturated carbocycles. The number of carboxylic acid groups (broad SMARTS) is 1. The normalized spacial score (nSPS) is 17.3. The molecule has 2 aliphatic carbocycles. The van der Waals surface area contributed by atoms with Gasteiger partial charge in [0, 0.05) is 34.1 Å². The van der Waals surface area contributed by atoms with Crippen molar-refractivity contribution in [2.75, 3.05) is 15.8 Å². The Morgan fingerprint density at radius 2 is 1.30 bits per heavy atom. The van der Waals surface area contributed by atoms with Crippen LogP contribution >= 0.6 is 0 Å². The van der Waals surface area contributed by atoms with Crippen molar-refractivity contribution in [3.05, 3.63) is 148 Å². The number of nitrogens with zero attached hydrogens (tertiary/aromatic N) is 6. The van der Waals surface area contributed by atoms with Crippen molar-refractivity contribution >= 4 is 111 Å². The molecule has 1 aliphatic heterocycles. The number of azo groups is 1. The second kappa shape index (κ2) is 18.0. The molecule has 0 aromatic heterocycles. The number of aromatic carboxylic acids is 1. The van der Waals surface area contributed by atoms with E-state index < -0.39 is 91.5 Å². The third-order valence-corrected chi connectivity index (χ3v) is 12.9. The first-order valence-corrected chi connectivity index (χ1v) is 23.9. The highest BCUT2D eigenvalue weighted by Crippen LogP contribution is 2.32. The van der Waals surface area contributed by atoms with Crippen LogP contribution in [-0.2, 0) is 39.9 Å². The number of para-hydroxylation sites is 1. The lowest BCUT2D eigenvalue weighted by atomic mass is 9.92. The summed E-state index contributed by atoms with van der Waals surface area (Å²) >= 11 is 0. The quantitative estimate of drug-likeness (QED) is 0.0446. The number of nitrogens with one attached hydrogen (secondary N) is 3. The summed E-state index contributed by atoms with van der Waals surface area (Å²) in [6.07, 6.45) is 2.01. The minimum Gasteiger partial charge on any atom is -0.478 e. The molecule has 1 atom stereocenters. The van der Waals surface area contributed by atoms with Gasteiger partial charge in [-0.15, -0.1) is 10.2 Å². The number of allylic oxidation sites excluding steroid dienone is 2. The smallest absolute Gasteiger partial charge is 0.338 e. The summed E-state index contributed by atoms with van der Waals surface area (Å²) in [6, 6.07) is 23.7. The monoisotopic (exact) mass is 993 g/mol. The molecule has 1 amide bonds. The van der Waals surface area contributed by atoms with E-state index in [9.17, 15) is 63.2 Å². The van der Waals surface area contributed by atoms with Crippen LogP contribution in [0.4, 0.5) is 28.4 Å². The Balaban J connectivity index is 1.02. The molecule has 3 aliphatic rings. The molecule has 0 saturated heterocycles. The maximum Gasteiger partial charge on any atom is 0.338 e. The molecule has 350 valence electrons. The third-order valence-electron chi connectivity index (χ3n) is 10.3. The van der Waals surface area contributed by atoms with Gasteiger partial charge in [0.25, 0.3) is 36.3 Å². The number of carbonyl (C=O) groups excluding carboxylic acids is 3. The fraction of sp³-hybridized carbons (Fsp3) is 0.0465. The molecule has 0 radical (unpaired) electrons. The number of hydrogen-bond donors (Lipinski definition) is 7. The van der Waals surface area contributed by atoms with Crippen LogP contribution in [0.25, 0.3) is 11.8 Å². The molecule has 0 bridgehead atoms. The van der Waals surface area contributed by atoms with Gasteiger partial charge >= 0.3 is 5.97 Å². The summed E-state index contributed by atoms with van der Waals surface area (Å²) in [7, 11) is -14.6. The lowest BCUT2D eigenvalue weighted by Gasteiger charge is -2.21. The molecule has 26 heteroatoms. The summed E-state index contributed by atoms with van der Waals surface area (Å²) < 4.78 is 102. The lowest BCUT2D eigenvalue weighted by molar-refractivity contribution is -0.118. The Labute approximate surface area is 390 Å². The highest BCUT2D eigenvalue weighted by atomic mass is 32.2. The number of Topliss-reactive ketones (excluding diaryl/α,β-unsaturated/α-hetero) is 1. The number of carboxylic acids is 1. The van der Waals surface area contributed by atoms with Gasteiger partial charge in [0.15, 0.2) is 11.8 Å². The number of fused-ring (bicyclic) bond motifs is 2. The predicted octanol–water partition coefficient (Wildman–Crippen LogP) is 5.31. The number of hydrogen-bond acceptors (Lipinski definition) is 18. The molecule has 1 unspecified atom stereocenters. The average molecular weight is 994 g/mol. The van der Waals surface area contributed by atoms with Crippen LogP contribution in [0.2, 0.25) is 0 Å². The minimum absolute atomic E-state index is 0.00329. The zero-order valence-electron chi connectivity index (χ0n) is 34.9. The van der Waals surface area contributed by atoms with Crippen LogP contribution in [0.5, 0.6) is 0 Å². The summed E-state index contributed by atoms with van der Waals surface area (Å²) in [5.74, 6) is -4.06. The van der Waals surface area contributed by atoms with E-state index in [0.717, 1.165) is 47.5 Å². The molecule has 69 heavy (non-hydrogen) atoms. The van der Waals surface area contributed by atoms with E-state index in [0.29, 0.717) is 23.1 Å². The number of amides is 1. The van der Waals surface area contributed by atoms with Crippen LogP contribution in [-0.4, -0.2) is 90.6 Å². The number of ketones is 2. The van der Waals surface area contributed by atoms with Crippen molar-refractivity contribution in [1.82, 2.24) is 5.43 Å². The van der Waals surface area contributed by atoms with Crippen molar-refractivity contribution in [3.8, 4) is 0 Å². The lowest BCUT2D eigenvalue weighted by Crippen LogP contribution is -2.30. The standard InChI is InChI=1S/C43H31N9O14S3/c1-22-38(48-46-34-16-13-29(68(61,62)63)20-33(34)43(56)57)42(55)52(51-22)27-10-7-25(8-11-27)45-47-35-21-36(53)39(31-15-12-28(19-32(31)35)67(58,59)60)49-50-40-37(69(64,65)66)18-23-17-26(9-14-30(23)41(40)54)44-24-5-3-2-4-6-24/h2-21,38,44-45,47H,1H3,(H,56,57)(H,58,59,60)(H,61,62,63)(H,64,65,66)/b48-46?,49-39+,50-40?. The predicted molar refractivity (Wildman–Crippen MR) is 249 cm³/mol. The zero-order chi connectivity index (χ0) is 49.6. The van der Waals surface area contributed by atoms with Gasteiger partial charge in [-0.2, -0.15) is 45.6 Å². The number of carbonyl (C=O) groups is 4. The Hall–Kier alpha value is -8.40. The topological polar surface area (TPSA) is 353 Å². The van der Waals surface area contributed by atoms with Crippen molar-refractivity contribution in [2.24, 2.45) is 25.5 Å². The zero-order valence-corrected chi connectivity index (χ0v) is 37.4. The Bertz CT molecular complexity index is 3610. The second-order valence-electron chi connectivity index (χ2n) is 14.9. The van der Waals surface area contributed by atoms with E-state index in [1.54, 1.807) is 30.3 Å². The molecule has 8 rings (SSSR count). The molecule has 7 N–H and O–H groups in total. The molecule has 23 nitrogen and oxygen atoms in total. The molecule has 0 fully saturated rings. The van der Waals surface area contributed by atoms with Crippen LogP contribution in [0.1, 0.15) is 44.3 Å². The SMILES string of the molecule is CC1=NN(c2ccc(NNC3=CC(=O)/C(=N/N=C4C(=O)c5ccc(Nc6ccccc6)cc5C=C4S(=O)(=O)O)c4ccc(S(=O)(=O)O)cc43)cc2)C(=O)C1N=Nc1ccc(S(=O)(=O)O)cc1C(=O)O. The van der Waals surface area contributed by atoms with Crippen molar-refractivity contribution in [1.29, 1.82) is 0 Å². The van der Waals surface area contributed by atoms with Crippen LogP contribution in [0.15, 0.2) is 155 Å². The van der Waals surface area contributed by atoms with E-state index in [1.807, 2.05) is 6.07 Å². The Morgan fingerprint density at radius 1 is 0.667 bits per heavy atom. The maximum absolute atomic E-state index is 13.7. The summed E-state index contributed by atoms with van der Waals surface area (Å²) in [5.41, 5.74) is 5.28. The van der Waals surface area contributed by atoms with Crippen LogP contribution in [0, 0.1) is 0 Å². The molecule has 1 heterocycles. The summed E-state index contributed by atoms with van der Waals surface area (Å²) in [6.45, 7) is 1.47. The summed E-state index contributed by atoms with van der Waals surface area (Å²) in [4.78, 5) is 50.4. The van der Waals surface area contributed by atoms with E-state index in [2.05, 4.69) is 41.7 Å². The van der Waals surface area contributed by atoms with Crippen molar-refractivity contribution in [3.63, 3.8) is 0 Å². The van der Waals surface area contributed by atoms with Gasteiger partial charge in [-0.3, -0.25) is 28.0 Å². The number of hydrazine groups is 1. The first-order valence-electron chi connectivity index (χ1n) is 19.6. The number of hydrazone groups is 1. The van der Waals surface area contributed by atoms with Gasteiger partial charge in [-0.25, -0.2) is 4.79 Å². The third kappa shape index (κ3) is 9.86. The van der Waals surface area contributed by atoms with Gasteiger partial charge in [0.2, 0.25) is 11.6 Å². The molecular formula is C43H31N9O14S3. The number of rotatable bonds is 13. The first kappa shape index (κ1) is 47.1. The average Bonchev–Trinajstić information content (AvgIpc) is 3.58. The fourth-order valence-electron chi connectivity index (χ4n) is 6.98. The molecular weight excluding hydrogens is 963 g/mol. The van der Waals surface area contributed by atoms with E-state index >= 15 is 0 Å². The molecule has 5 aromatic rings. The van der Waals surface area contributed by atoms with E-state index in [-0.39, 0.29) is 45.0 Å². The summed E-state index contributed by atoms with van der Waals surface area (Å²) in [5, 5.41) is 33.5. The fourth-order valence-corrected chi connectivity index (χ4v) is 8.65. The van der Waals surface area contributed by atoms with Crippen LogP contribution < -0.4 is 21.2 Å². The van der Waals surface area contributed by atoms with Gasteiger partial charge in [-0.1, -0.05) is 24.3 Å². The van der Waals surface area contributed by atoms with Gasteiger partial charge in [-0.05, 0) is 103 Å². The van der Waals surface area contributed by atoms with Gasteiger partial charge < -0.3 is 21.3 Å². The first-order chi connectivity index (χ1) is 32.6. The van der Waals surface area contributed by atoms with Gasteiger partial charge in [0.1, 0.15) is 10.6 Å². The van der Waals surface area contributed by atoms with E-state index in [1.165, 1.54) is 43.3 Å². The maximum atomic E-state index is 13.7. The highest BCUT2D eigenvalue weighted by molar-refractivity contribution is 7.91. The second-order valence-corrected chi connectivity index (χ2v) is 19.1.